The highest BCUT2D eigenvalue weighted by Gasteiger charge is 2.15. The van der Waals surface area contributed by atoms with E-state index in [0.29, 0.717) is 10.6 Å². The van der Waals surface area contributed by atoms with Crippen LogP contribution in [-0.4, -0.2) is 15.2 Å². The minimum atomic E-state index is -0.500. The highest BCUT2D eigenvalue weighted by molar-refractivity contribution is 6.30. The summed E-state index contributed by atoms with van der Waals surface area (Å²) in [5, 5.41) is 13.6. The Morgan fingerprint density at radius 2 is 2.00 bits per heavy atom. The maximum absolute atomic E-state index is 13.7. The van der Waals surface area contributed by atoms with Crippen molar-refractivity contribution in [3.05, 3.63) is 53.3 Å². The van der Waals surface area contributed by atoms with Crippen LogP contribution in [0, 0.1) is 5.82 Å². The summed E-state index contributed by atoms with van der Waals surface area (Å²) in [6.45, 7) is 0. The van der Waals surface area contributed by atoms with Crippen LogP contribution < -0.4 is 0 Å². The molecule has 0 aliphatic heterocycles. The van der Waals surface area contributed by atoms with Gasteiger partial charge in [-0.15, -0.1) is 0 Å². The lowest BCUT2D eigenvalue weighted by Gasteiger charge is -1.97. The minimum Gasteiger partial charge on any atom is -0.508 e. The van der Waals surface area contributed by atoms with E-state index in [1.165, 1.54) is 30.3 Å². The van der Waals surface area contributed by atoms with Crippen LogP contribution in [0.15, 0.2) is 47.0 Å². The van der Waals surface area contributed by atoms with E-state index in [-0.39, 0.29) is 23.0 Å². The van der Waals surface area contributed by atoms with Gasteiger partial charge >= 0.3 is 0 Å². The molecule has 4 nitrogen and oxygen atoms in total. The fourth-order valence-corrected chi connectivity index (χ4v) is 1.93. The van der Waals surface area contributed by atoms with Gasteiger partial charge in [-0.2, -0.15) is 4.98 Å². The number of hydrogen-bond donors (Lipinski definition) is 1. The predicted molar refractivity (Wildman–Crippen MR) is 71.8 cm³/mol. The van der Waals surface area contributed by atoms with E-state index < -0.39 is 5.82 Å². The van der Waals surface area contributed by atoms with Gasteiger partial charge < -0.3 is 9.63 Å². The molecule has 1 heterocycles. The molecule has 0 aliphatic rings. The quantitative estimate of drug-likeness (QED) is 0.777. The summed E-state index contributed by atoms with van der Waals surface area (Å²) in [7, 11) is 0. The molecule has 0 aliphatic carbocycles. The van der Waals surface area contributed by atoms with Crippen LogP contribution in [0.2, 0.25) is 5.02 Å². The Morgan fingerprint density at radius 3 is 2.80 bits per heavy atom. The van der Waals surface area contributed by atoms with E-state index in [9.17, 15) is 9.50 Å². The number of rotatable bonds is 2. The lowest BCUT2D eigenvalue weighted by atomic mass is 10.2. The lowest BCUT2D eigenvalue weighted by molar-refractivity contribution is 0.429. The zero-order valence-electron chi connectivity index (χ0n) is 10.0. The fraction of sp³-hybridized carbons (Fsp3) is 0. The molecule has 20 heavy (non-hydrogen) atoms. The van der Waals surface area contributed by atoms with Crippen molar-refractivity contribution in [3.63, 3.8) is 0 Å². The first-order valence-corrected chi connectivity index (χ1v) is 6.10. The van der Waals surface area contributed by atoms with Gasteiger partial charge in [-0.3, -0.25) is 0 Å². The second-order valence-electron chi connectivity index (χ2n) is 4.10. The Balaban J connectivity index is 2.04. The molecule has 2 aromatic carbocycles. The molecule has 0 unspecified atom stereocenters. The molecule has 0 amide bonds. The summed E-state index contributed by atoms with van der Waals surface area (Å²) in [6.07, 6.45) is 0. The number of phenols is 1. The first kappa shape index (κ1) is 12.6. The van der Waals surface area contributed by atoms with Gasteiger partial charge in [-0.05, 0) is 30.3 Å². The predicted octanol–water partition coefficient (Wildman–Crippen LogP) is 3.90. The second-order valence-corrected chi connectivity index (χ2v) is 4.53. The first-order valence-electron chi connectivity index (χ1n) is 5.72. The van der Waals surface area contributed by atoms with Crippen molar-refractivity contribution in [3.8, 4) is 28.6 Å². The summed E-state index contributed by atoms with van der Waals surface area (Å²) < 4.78 is 18.7. The van der Waals surface area contributed by atoms with Crippen molar-refractivity contribution in [2.75, 3.05) is 0 Å². The Labute approximate surface area is 118 Å². The molecule has 3 aromatic rings. The standard InChI is InChI=1S/C14H8ClFN2O2/c15-9-4-5-12(16)11(7-9)14-17-13(18-20-14)8-2-1-3-10(19)6-8/h1-7,19H. The summed E-state index contributed by atoms with van der Waals surface area (Å²) in [6, 6.07) is 10.5. The van der Waals surface area contributed by atoms with E-state index >= 15 is 0 Å². The number of aromatic nitrogens is 2. The normalized spacial score (nSPS) is 10.7. The van der Waals surface area contributed by atoms with E-state index in [2.05, 4.69) is 10.1 Å². The number of aromatic hydroxyl groups is 1. The molecule has 0 fully saturated rings. The first-order chi connectivity index (χ1) is 9.63. The second kappa shape index (κ2) is 4.94. The smallest absolute Gasteiger partial charge is 0.261 e. The third-order valence-corrected chi connectivity index (χ3v) is 2.92. The largest absolute Gasteiger partial charge is 0.508 e. The molecule has 0 radical (unpaired) electrons. The molecule has 1 aromatic heterocycles. The molecule has 0 saturated heterocycles. The molecule has 3 rings (SSSR count). The maximum atomic E-state index is 13.7. The number of benzene rings is 2. The van der Waals surface area contributed by atoms with Gasteiger partial charge in [0.1, 0.15) is 11.6 Å². The number of phenolic OH excluding ortho intramolecular Hbond substituents is 1. The number of hydrogen-bond acceptors (Lipinski definition) is 4. The topological polar surface area (TPSA) is 59.2 Å². The van der Waals surface area contributed by atoms with Crippen LogP contribution in [0.3, 0.4) is 0 Å². The van der Waals surface area contributed by atoms with Gasteiger partial charge in [-0.1, -0.05) is 28.9 Å². The van der Waals surface area contributed by atoms with Crippen molar-refractivity contribution in [1.29, 1.82) is 0 Å². The Morgan fingerprint density at radius 1 is 1.15 bits per heavy atom. The van der Waals surface area contributed by atoms with Crippen molar-refractivity contribution in [1.82, 2.24) is 10.1 Å². The summed E-state index contributed by atoms with van der Waals surface area (Å²) in [5.41, 5.74) is 0.707. The van der Waals surface area contributed by atoms with Crippen LogP contribution in [0.5, 0.6) is 5.75 Å². The maximum Gasteiger partial charge on any atom is 0.261 e. The molecule has 1 N–H and O–H groups in total. The van der Waals surface area contributed by atoms with E-state index in [1.807, 2.05) is 0 Å². The lowest BCUT2D eigenvalue weighted by Crippen LogP contribution is -1.85. The monoisotopic (exact) mass is 290 g/mol. The van der Waals surface area contributed by atoms with Gasteiger partial charge in [0, 0.05) is 10.6 Å². The van der Waals surface area contributed by atoms with Crippen molar-refractivity contribution < 1.29 is 14.0 Å². The molecule has 0 bridgehead atoms. The average molecular weight is 291 g/mol. The number of nitrogens with zero attached hydrogens (tertiary/aromatic N) is 2. The molecule has 0 saturated carbocycles. The minimum absolute atomic E-state index is 0.0309. The summed E-state index contributed by atoms with van der Waals surface area (Å²) in [5.74, 6) is -0.123. The van der Waals surface area contributed by atoms with Gasteiger partial charge in [-0.25, -0.2) is 4.39 Å². The molecule has 0 spiro atoms. The van der Waals surface area contributed by atoms with Crippen LogP contribution in [0.25, 0.3) is 22.8 Å². The van der Waals surface area contributed by atoms with E-state index in [4.69, 9.17) is 16.1 Å². The third kappa shape index (κ3) is 2.35. The SMILES string of the molecule is Oc1cccc(-c2noc(-c3cc(Cl)ccc3F)n2)c1. The van der Waals surface area contributed by atoms with Gasteiger partial charge in [0.05, 0.1) is 5.56 Å². The average Bonchev–Trinajstić information content (AvgIpc) is 2.91. The zero-order chi connectivity index (χ0) is 14.1. The Bertz CT molecular complexity index is 773. The third-order valence-electron chi connectivity index (χ3n) is 2.69. The van der Waals surface area contributed by atoms with Crippen molar-refractivity contribution in [2.24, 2.45) is 0 Å². The van der Waals surface area contributed by atoms with Crippen molar-refractivity contribution in [2.45, 2.75) is 0 Å². The van der Waals surface area contributed by atoms with Crippen LogP contribution >= 0.6 is 11.6 Å². The highest BCUT2D eigenvalue weighted by Crippen LogP contribution is 2.27. The van der Waals surface area contributed by atoms with Gasteiger partial charge in [0.25, 0.3) is 5.89 Å². The molecular weight excluding hydrogens is 283 g/mol. The Hall–Kier alpha value is -2.40. The fourth-order valence-electron chi connectivity index (χ4n) is 1.76. The Kier molecular flexibility index (Phi) is 3.12. The zero-order valence-corrected chi connectivity index (χ0v) is 10.8. The molecule has 100 valence electrons. The molecule has 6 heteroatoms. The summed E-state index contributed by atoms with van der Waals surface area (Å²) in [4.78, 5) is 4.11. The number of halogens is 2. The summed E-state index contributed by atoms with van der Waals surface area (Å²) >= 11 is 5.82. The van der Waals surface area contributed by atoms with Gasteiger partial charge in [0.2, 0.25) is 5.82 Å². The molecular formula is C14H8ClFN2O2. The molecule has 0 atom stereocenters. The van der Waals surface area contributed by atoms with Crippen LogP contribution in [0.1, 0.15) is 0 Å². The van der Waals surface area contributed by atoms with Crippen LogP contribution in [-0.2, 0) is 0 Å². The highest BCUT2D eigenvalue weighted by atomic mass is 35.5. The van der Waals surface area contributed by atoms with Crippen LogP contribution in [0.4, 0.5) is 4.39 Å². The van der Waals surface area contributed by atoms with E-state index in [1.54, 1.807) is 12.1 Å². The van der Waals surface area contributed by atoms with E-state index in [0.717, 1.165) is 0 Å². The van der Waals surface area contributed by atoms with Gasteiger partial charge in [0.15, 0.2) is 0 Å². The van der Waals surface area contributed by atoms with Crippen molar-refractivity contribution >= 4 is 11.6 Å².